The van der Waals surface area contributed by atoms with Crippen molar-refractivity contribution in [2.75, 3.05) is 26.0 Å². The molecule has 2 aromatic carbocycles. The fourth-order valence-electron chi connectivity index (χ4n) is 2.47. The summed E-state index contributed by atoms with van der Waals surface area (Å²) in [5.41, 5.74) is 2.87. The molecule has 0 aromatic heterocycles. The smallest absolute Gasteiger partial charge is 0.251 e. The molecule has 5 nitrogen and oxygen atoms in total. The molecule has 2 N–H and O–H groups in total. The molecule has 0 atom stereocenters. The lowest BCUT2D eigenvalue weighted by Gasteiger charge is -2.17. The predicted octanol–water partition coefficient (Wildman–Crippen LogP) is 3.73. The average molecular weight is 394 g/mol. The zero-order valence-electron chi connectivity index (χ0n) is 14.9. The van der Waals surface area contributed by atoms with Crippen LogP contribution in [0.5, 0.6) is 0 Å². The van der Waals surface area contributed by atoms with Crippen LogP contribution in [0.2, 0.25) is 10.0 Å². The molecule has 0 unspecified atom stereocenters. The van der Waals surface area contributed by atoms with Crippen LogP contribution < -0.4 is 10.6 Å². The van der Waals surface area contributed by atoms with Crippen molar-refractivity contribution < 1.29 is 9.59 Å². The van der Waals surface area contributed by atoms with E-state index in [4.69, 9.17) is 23.2 Å². The number of hydrogen-bond acceptors (Lipinski definition) is 3. The van der Waals surface area contributed by atoms with Crippen molar-refractivity contribution in [2.24, 2.45) is 0 Å². The van der Waals surface area contributed by atoms with E-state index in [1.165, 1.54) is 0 Å². The summed E-state index contributed by atoms with van der Waals surface area (Å²) in [5, 5.41) is 6.20. The second-order valence-electron chi connectivity index (χ2n) is 6.05. The van der Waals surface area contributed by atoms with E-state index in [2.05, 4.69) is 10.6 Å². The molecule has 7 heteroatoms. The monoisotopic (exact) mass is 393 g/mol. The van der Waals surface area contributed by atoms with Gasteiger partial charge in [-0.1, -0.05) is 41.4 Å². The van der Waals surface area contributed by atoms with Crippen LogP contribution in [0.3, 0.4) is 0 Å². The Morgan fingerprint density at radius 2 is 1.73 bits per heavy atom. The number of aryl methyl sites for hydroxylation is 1. The maximum absolute atomic E-state index is 12.3. The lowest BCUT2D eigenvalue weighted by Crippen LogP contribution is -2.30. The molecule has 0 radical (unpaired) electrons. The first kappa shape index (κ1) is 20.2. The summed E-state index contributed by atoms with van der Waals surface area (Å²) in [6.07, 6.45) is 0. The highest BCUT2D eigenvalue weighted by Crippen LogP contribution is 2.32. The third-order valence-corrected chi connectivity index (χ3v) is 4.66. The molecule has 2 rings (SSSR count). The van der Waals surface area contributed by atoms with Gasteiger partial charge in [0, 0.05) is 19.2 Å². The lowest BCUT2D eigenvalue weighted by atomic mass is 10.1. The Kier molecular flexibility index (Phi) is 7.03. The number of hydrogen-bond donors (Lipinski definition) is 2. The van der Waals surface area contributed by atoms with E-state index >= 15 is 0 Å². The van der Waals surface area contributed by atoms with Gasteiger partial charge in [-0.15, -0.1) is 0 Å². The summed E-state index contributed by atoms with van der Waals surface area (Å²) < 4.78 is 0. The van der Waals surface area contributed by atoms with Gasteiger partial charge in [0.15, 0.2) is 0 Å². The molecule has 0 heterocycles. The Labute approximate surface area is 163 Å². The van der Waals surface area contributed by atoms with Crippen LogP contribution in [0.25, 0.3) is 0 Å². The fourth-order valence-corrected chi connectivity index (χ4v) is 2.93. The van der Waals surface area contributed by atoms with Crippen molar-refractivity contribution in [2.45, 2.75) is 13.5 Å². The molecule has 138 valence electrons. The van der Waals surface area contributed by atoms with E-state index in [1.807, 2.05) is 31.0 Å². The normalized spacial score (nSPS) is 10.7. The Bertz CT molecular complexity index is 807. The number of carbonyl (C=O) groups is 2. The Morgan fingerprint density at radius 3 is 2.35 bits per heavy atom. The number of nitrogens with one attached hydrogen (secondary N) is 2. The summed E-state index contributed by atoms with van der Waals surface area (Å²) in [7, 11) is 3.43. The Morgan fingerprint density at radius 1 is 1.08 bits per heavy atom. The third kappa shape index (κ3) is 5.21. The molecule has 0 aliphatic heterocycles. The minimum Gasteiger partial charge on any atom is -0.355 e. The van der Waals surface area contributed by atoms with Crippen LogP contribution in [-0.2, 0) is 11.3 Å². The van der Waals surface area contributed by atoms with Crippen molar-refractivity contribution in [3.8, 4) is 0 Å². The number of rotatable bonds is 6. The molecule has 0 aliphatic carbocycles. The second-order valence-corrected chi connectivity index (χ2v) is 6.83. The second kappa shape index (κ2) is 9.03. The van der Waals surface area contributed by atoms with Crippen LogP contribution in [-0.4, -0.2) is 37.4 Å². The largest absolute Gasteiger partial charge is 0.355 e. The first-order valence-corrected chi connectivity index (χ1v) is 8.81. The lowest BCUT2D eigenvalue weighted by molar-refractivity contribution is -0.117. The van der Waals surface area contributed by atoms with Gasteiger partial charge in [-0.05, 0) is 43.3 Å². The molecule has 0 aliphatic rings. The highest BCUT2D eigenvalue weighted by atomic mass is 35.5. The fraction of sp³-hybridized carbons (Fsp3) is 0.263. The highest BCUT2D eigenvalue weighted by molar-refractivity contribution is 6.40. The molecular weight excluding hydrogens is 373 g/mol. The molecule has 2 amide bonds. The minimum absolute atomic E-state index is 0.129. The number of anilines is 1. The van der Waals surface area contributed by atoms with E-state index in [0.29, 0.717) is 27.8 Å². The Hall–Kier alpha value is -2.08. The molecule has 0 bridgehead atoms. The van der Waals surface area contributed by atoms with Crippen LogP contribution >= 0.6 is 23.2 Å². The molecule has 0 spiro atoms. The topological polar surface area (TPSA) is 61.4 Å². The quantitative estimate of drug-likeness (QED) is 0.785. The van der Waals surface area contributed by atoms with Gasteiger partial charge in [-0.25, -0.2) is 0 Å². The van der Waals surface area contributed by atoms with Gasteiger partial charge in [0.1, 0.15) is 0 Å². The Balaban J connectivity index is 1.95. The summed E-state index contributed by atoms with van der Waals surface area (Å²) in [4.78, 5) is 25.7. The first-order chi connectivity index (χ1) is 12.3. The number of halogens is 2. The van der Waals surface area contributed by atoms with Crippen LogP contribution in [0.4, 0.5) is 5.69 Å². The summed E-state index contributed by atoms with van der Waals surface area (Å²) in [6.45, 7) is 2.59. The summed E-state index contributed by atoms with van der Waals surface area (Å²) >= 11 is 12.3. The average Bonchev–Trinajstić information content (AvgIpc) is 2.61. The number of likely N-dealkylation sites (N-methyl/N-ethyl adjacent to an activating group) is 1. The van der Waals surface area contributed by atoms with Gasteiger partial charge < -0.3 is 10.6 Å². The minimum atomic E-state index is -0.205. The molecule has 0 saturated carbocycles. The number of carbonyl (C=O) groups excluding carboxylic acids is 2. The standard InChI is InChI=1S/C19H21Cl2N3O2/c1-12-4-9-15(20)18(17(12)21)23-16(25)11-24(3)10-13-5-7-14(8-6-13)19(26)22-2/h4-9H,10-11H2,1-3H3,(H,22,26)(H,23,25). The van der Waals surface area contributed by atoms with Crippen LogP contribution in [0.1, 0.15) is 21.5 Å². The molecule has 26 heavy (non-hydrogen) atoms. The van der Waals surface area contributed by atoms with Crippen molar-refractivity contribution in [1.29, 1.82) is 0 Å². The van der Waals surface area contributed by atoms with E-state index < -0.39 is 0 Å². The van der Waals surface area contributed by atoms with Crippen molar-refractivity contribution in [3.63, 3.8) is 0 Å². The molecule has 0 fully saturated rings. The van der Waals surface area contributed by atoms with Crippen molar-refractivity contribution in [1.82, 2.24) is 10.2 Å². The first-order valence-electron chi connectivity index (χ1n) is 8.06. The van der Waals surface area contributed by atoms with Crippen LogP contribution in [0.15, 0.2) is 36.4 Å². The maximum atomic E-state index is 12.3. The highest BCUT2D eigenvalue weighted by Gasteiger charge is 2.13. The molecule has 2 aromatic rings. The van der Waals surface area contributed by atoms with Gasteiger partial charge in [-0.3, -0.25) is 14.5 Å². The van der Waals surface area contributed by atoms with E-state index in [-0.39, 0.29) is 18.4 Å². The van der Waals surface area contributed by atoms with Crippen LogP contribution in [0, 0.1) is 6.92 Å². The summed E-state index contributed by atoms with van der Waals surface area (Å²) in [5.74, 6) is -0.333. The van der Waals surface area contributed by atoms with Gasteiger partial charge in [0.25, 0.3) is 5.91 Å². The maximum Gasteiger partial charge on any atom is 0.251 e. The zero-order chi connectivity index (χ0) is 19.3. The van der Waals surface area contributed by atoms with Crippen molar-refractivity contribution in [3.05, 3.63) is 63.1 Å². The SMILES string of the molecule is CNC(=O)c1ccc(CN(C)CC(=O)Nc2c(Cl)ccc(C)c2Cl)cc1. The zero-order valence-corrected chi connectivity index (χ0v) is 16.4. The van der Waals surface area contributed by atoms with E-state index in [1.54, 1.807) is 31.3 Å². The number of nitrogens with zero attached hydrogens (tertiary/aromatic N) is 1. The van der Waals surface area contributed by atoms with Gasteiger partial charge in [0.2, 0.25) is 5.91 Å². The molecular formula is C19H21Cl2N3O2. The van der Waals surface area contributed by atoms with Gasteiger partial charge in [-0.2, -0.15) is 0 Å². The van der Waals surface area contributed by atoms with Gasteiger partial charge in [0.05, 0.1) is 22.3 Å². The third-order valence-electron chi connectivity index (χ3n) is 3.86. The van der Waals surface area contributed by atoms with E-state index in [9.17, 15) is 9.59 Å². The molecule has 0 saturated heterocycles. The van der Waals surface area contributed by atoms with Gasteiger partial charge >= 0.3 is 0 Å². The predicted molar refractivity (Wildman–Crippen MR) is 106 cm³/mol. The van der Waals surface area contributed by atoms with Crippen molar-refractivity contribution >= 4 is 40.7 Å². The number of amides is 2. The number of benzene rings is 2. The summed E-state index contributed by atoms with van der Waals surface area (Å²) in [6, 6.07) is 10.8. The van der Waals surface area contributed by atoms with E-state index in [0.717, 1.165) is 11.1 Å².